The lowest BCUT2D eigenvalue weighted by Crippen LogP contribution is -2.46. The van der Waals surface area contributed by atoms with Crippen molar-refractivity contribution in [2.75, 3.05) is 13.2 Å². The van der Waals surface area contributed by atoms with E-state index >= 15 is 0 Å². The van der Waals surface area contributed by atoms with E-state index in [0.717, 1.165) is 11.1 Å². The number of rotatable bonds is 6. The van der Waals surface area contributed by atoms with Crippen molar-refractivity contribution in [3.05, 3.63) is 101 Å². The highest BCUT2D eigenvalue weighted by Crippen LogP contribution is 2.38. The first-order chi connectivity index (χ1) is 16.6. The molecule has 0 atom stereocenters. The maximum absolute atomic E-state index is 13.5. The van der Waals surface area contributed by atoms with E-state index in [1.165, 1.54) is 0 Å². The van der Waals surface area contributed by atoms with E-state index in [-0.39, 0.29) is 11.1 Å². The Balaban J connectivity index is 1.35. The van der Waals surface area contributed by atoms with Crippen molar-refractivity contribution < 1.29 is 28.7 Å². The van der Waals surface area contributed by atoms with Crippen LogP contribution in [0.4, 0.5) is 0 Å². The van der Waals surface area contributed by atoms with E-state index < -0.39 is 23.2 Å². The van der Waals surface area contributed by atoms with Gasteiger partial charge >= 0.3 is 5.97 Å². The Hall–Kier alpha value is -3.97. The Kier molecular flexibility index (Phi) is 5.86. The minimum atomic E-state index is -1.04. The highest BCUT2D eigenvalue weighted by Gasteiger charge is 2.47. The molecule has 0 radical (unpaired) electrons. The van der Waals surface area contributed by atoms with E-state index in [0.29, 0.717) is 43.5 Å². The van der Waals surface area contributed by atoms with Gasteiger partial charge in [-0.15, -0.1) is 0 Å². The van der Waals surface area contributed by atoms with Crippen LogP contribution in [-0.2, 0) is 26.4 Å². The molecule has 7 heteroatoms. The highest BCUT2D eigenvalue weighted by molar-refractivity contribution is 6.21. The Morgan fingerprint density at radius 1 is 0.824 bits per heavy atom. The number of carbonyl (C=O) groups excluding carboxylic acids is 3. The number of ether oxygens (including phenoxy) is 2. The van der Waals surface area contributed by atoms with E-state index in [4.69, 9.17) is 14.3 Å². The number of hydroxylamine groups is 2. The van der Waals surface area contributed by atoms with E-state index in [1.54, 1.807) is 24.3 Å². The summed E-state index contributed by atoms with van der Waals surface area (Å²) in [6.07, 6.45) is 0.748. The van der Waals surface area contributed by atoms with Crippen LogP contribution < -0.4 is 4.74 Å². The van der Waals surface area contributed by atoms with Gasteiger partial charge in [-0.3, -0.25) is 9.59 Å². The molecule has 7 nitrogen and oxygen atoms in total. The number of hydrogen-bond donors (Lipinski definition) is 0. The number of carbonyl (C=O) groups is 3. The van der Waals surface area contributed by atoms with Crippen molar-refractivity contribution in [1.29, 1.82) is 0 Å². The number of amides is 2. The summed E-state index contributed by atoms with van der Waals surface area (Å²) >= 11 is 0. The molecule has 3 aromatic rings. The van der Waals surface area contributed by atoms with Crippen molar-refractivity contribution in [3.8, 4) is 5.75 Å². The molecular weight excluding hydrogens is 434 g/mol. The fraction of sp³-hybridized carbons (Fsp3) is 0.222. The monoisotopic (exact) mass is 457 g/mol. The quantitative estimate of drug-likeness (QED) is 0.519. The highest BCUT2D eigenvalue weighted by atomic mass is 16.7. The second-order valence-electron chi connectivity index (χ2n) is 8.32. The number of imide groups is 1. The molecule has 2 heterocycles. The molecule has 0 saturated carbocycles. The lowest BCUT2D eigenvalue weighted by atomic mass is 9.74. The minimum absolute atomic E-state index is 0.223. The predicted molar refractivity (Wildman–Crippen MR) is 122 cm³/mol. The van der Waals surface area contributed by atoms with Crippen LogP contribution in [0.15, 0.2) is 78.9 Å². The average molecular weight is 457 g/mol. The zero-order valence-electron chi connectivity index (χ0n) is 18.4. The first kappa shape index (κ1) is 21.9. The SMILES string of the molecule is O=C1c2ccccc2C(=O)N1OC(=O)C1(c2ccc(OCc3ccccc3)cc2)CCOCC1. The third-order valence-corrected chi connectivity index (χ3v) is 6.32. The molecule has 3 aromatic carbocycles. The number of hydrogen-bond acceptors (Lipinski definition) is 6. The topological polar surface area (TPSA) is 82.1 Å². The lowest BCUT2D eigenvalue weighted by molar-refractivity contribution is -0.179. The van der Waals surface area contributed by atoms with Crippen LogP contribution in [-0.4, -0.2) is 36.1 Å². The lowest BCUT2D eigenvalue weighted by Gasteiger charge is -2.35. The van der Waals surface area contributed by atoms with Crippen LogP contribution in [0.2, 0.25) is 0 Å². The van der Waals surface area contributed by atoms with Gasteiger partial charge in [0.05, 0.1) is 16.5 Å². The summed E-state index contributed by atoms with van der Waals surface area (Å²) in [5.74, 6) is -1.26. The first-order valence-electron chi connectivity index (χ1n) is 11.1. The predicted octanol–water partition coefficient (Wildman–Crippen LogP) is 4.07. The van der Waals surface area contributed by atoms with Gasteiger partial charge in [0, 0.05) is 13.2 Å². The number of nitrogens with zero attached hydrogens (tertiary/aromatic N) is 1. The van der Waals surface area contributed by atoms with Crippen molar-refractivity contribution in [1.82, 2.24) is 5.06 Å². The molecule has 1 saturated heterocycles. The maximum atomic E-state index is 13.5. The largest absolute Gasteiger partial charge is 0.489 e. The summed E-state index contributed by atoms with van der Waals surface area (Å²) in [7, 11) is 0. The molecule has 0 N–H and O–H groups in total. The van der Waals surface area contributed by atoms with Crippen LogP contribution in [0.25, 0.3) is 0 Å². The van der Waals surface area contributed by atoms with Gasteiger partial charge in [-0.2, -0.15) is 0 Å². The van der Waals surface area contributed by atoms with Crippen molar-refractivity contribution in [2.45, 2.75) is 24.9 Å². The molecular formula is C27H23NO6. The number of fused-ring (bicyclic) bond motifs is 1. The summed E-state index contributed by atoms with van der Waals surface area (Å²) in [5, 5.41) is 0.571. The third-order valence-electron chi connectivity index (χ3n) is 6.32. The number of benzene rings is 3. The summed E-state index contributed by atoms with van der Waals surface area (Å²) in [6.45, 7) is 1.16. The molecule has 0 spiro atoms. The average Bonchev–Trinajstić information content (AvgIpc) is 3.13. The van der Waals surface area contributed by atoms with Gasteiger partial charge in [0.2, 0.25) is 0 Å². The molecule has 0 aromatic heterocycles. The normalized spacial score (nSPS) is 16.8. The molecule has 0 aliphatic carbocycles. The standard InChI is InChI=1S/C27H23NO6/c29-24-22-8-4-5-9-23(22)25(30)28(24)34-26(31)27(14-16-32-17-15-27)20-10-12-21(13-11-20)33-18-19-6-2-1-3-7-19/h1-13H,14-18H2. The summed E-state index contributed by atoms with van der Waals surface area (Å²) in [5.41, 5.74) is 1.19. The van der Waals surface area contributed by atoms with Crippen LogP contribution in [0.3, 0.4) is 0 Å². The molecule has 2 aliphatic rings. The molecule has 2 amide bonds. The van der Waals surface area contributed by atoms with Gasteiger partial charge in [0.1, 0.15) is 12.4 Å². The zero-order chi connectivity index (χ0) is 23.5. The van der Waals surface area contributed by atoms with Crippen LogP contribution in [0.5, 0.6) is 5.75 Å². The molecule has 1 fully saturated rings. The van der Waals surface area contributed by atoms with Gasteiger partial charge in [-0.1, -0.05) is 59.7 Å². The molecule has 172 valence electrons. The Morgan fingerprint density at radius 3 is 2.03 bits per heavy atom. The van der Waals surface area contributed by atoms with Gasteiger partial charge in [-0.05, 0) is 48.2 Å². The molecule has 5 rings (SSSR count). The summed E-state index contributed by atoms with van der Waals surface area (Å²) < 4.78 is 11.4. The Morgan fingerprint density at radius 2 is 1.41 bits per heavy atom. The van der Waals surface area contributed by atoms with Gasteiger partial charge in [0.25, 0.3) is 11.8 Å². The van der Waals surface area contributed by atoms with Crippen LogP contribution >= 0.6 is 0 Å². The summed E-state index contributed by atoms with van der Waals surface area (Å²) in [6, 6.07) is 23.5. The Bertz CT molecular complexity index is 1180. The van der Waals surface area contributed by atoms with Crippen LogP contribution in [0.1, 0.15) is 44.7 Å². The second kappa shape index (κ2) is 9.11. The van der Waals surface area contributed by atoms with Gasteiger partial charge < -0.3 is 14.3 Å². The fourth-order valence-corrected chi connectivity index (χ4v) is 4.36. The van der Waals surface area contributed by atoms with E-state index in [2.05, 4.69) is 0 Å². The molecule has 2 aliphatic heterocycles. The third kappa shape index (κ3) is 3.95. The van der Waals surface area contributed by atoms with E-state index in [1.807, 2.05) is 54.6 Å². The zero-order valence-corrected chi connectivity index (χ0v) is 18.4. The van der Waals surface area contributed by atoms with Crippen LogP contribution in [0, 0.1) is 0 Å². The fourth-order valence-electron chi connectivity index (χ4n) is 4.36. The maximum Gasteiger partial charge on any atom is 0.343 e. The van der Waals surface area contributed by atoms with Crippen molar-refractivity contribution in [2.24, 2.45) is 0 Å². The van der Waals surface area contributed by atoms with E-state index in [9.17, 15) is 14.4 Å². The minimum Gasteiger partial charge on any atom is -0.489 e. The summed E-state index contributed by atoms with van der Waals surface area (Å²) in [4.78, 5) is 44.3. The first-order valence-corrected chi connectivity index (χ1v) is 11.1. The van der Waals surface area contributed by atoms with Gasteiger partial charge in [-0.25, -0.2) is 4.79 Å². The molecule has 34 heavy (non-hydrogen) atoms. The Labute approximate surface area is 196 Å². The second-order valence-corrected chi connectivity index (χ2v) is 8.32. The van der Waals surface area contributed by atoms with Crippen molar-refractivity contribution >= 4 is 17.8 Å². The van der Waals surface area contributed by atoms with Crippen molar-refractivity contribution in [3.63, 3.8) is 0 Å². The van der Waals surface area contributed by atoms with Gasteiger partial charge in [0.15, 0.2) is 0 Å². The molecule has 0 unspecified atom stereocenters. The molecule has 0 bridgehead atoms. The smallest absolute Gasteiger partial charge is 0.343 e.